The summed E-state index contributed by atoms with van der Waals surface area (Å²) in [7, 11) is 0. The van der Waals surface area contributed by atoms with Crippen LogP contribution in [0.15, 0.2) is 34.8 Å². The molecule has 0 saturated carbocycles. The number of anilines is 1. The fraction of sp³-hybridized carbons (Fsp3) is 0.294. The highest BCUT2D eigenvalue weighted by molar-refractivity contribution is 9.10. The third-order valence-corrected chi connectivity index (χ3v) is 4.58. The number of hydrogen-bond acceptors (Lipinski definition) is 2. The van der Waals surface area contributed by atoms with Gasteiger partial charge in [0.1, 0.15) is 5.75 Å². The van der Waals surface area contributed by atoms with Crippen LogP contribution in [-0.4, -0.2) is 5.11 Å². The molecule has 1 aliphatic rings. The Morgan fingerprint density at radius 1 is 1.20 bits per heavy atom. The van der Waals surface area contributed by atoms with Gasteiger partial charge in [-0.1, -0.05) is 12.1 Å². The SMILES string of the molecule is Cc1cc(C)c(NC2CCc3cc(O)ccc32)c(Br)c1. The van der Waals surface area contributed by atoms with Crippen molar-refractivity contribution in [1.82, 2.24) is 0 Å². The van der Waals surface area contributed by atoms with Gasteiger partial charge in [0.25, 0.3) is 0 Å². The molecule has 0 radical (unpaired) electrons. The van der Waals surface area contributed by atoms with E-state index in [4.69, 9.17) is 0 Å². The second kappa shape index (κ2) is 5.13. The van der Waals surface area contributed by atoms with Crippen molar-refractivity contribution in [1.29, 1.82) is 0 Å². The summed E-state index contributed by atoms with van der Waals surface area (Å²) >= 11 is 3.65. The van der Waals surface area contributed by atoms with Crippen molar-refractivity contribution in [2.45, 2.75) is 32.7 Å². The van der Waals surface area contributed by atoms with Crippen LogP contribution in [0, 0.1) is 13.8 Å². The minimum atomic E-state index is 0.323. The molecule has 0 bridgehead atoms. The van der Waals surface area contributed by atoms with Gasteiger partial charge in [0.2, 0.25) is 0 Å². The summed E-state index contributed by atoms with van der Waals surface area (Å²) in [6.45, 7) is 4.24. The van der Waals surface area contributed by atoms with Gasteiger partial charge < -0.3 is 10.4 Å². The van der Waals surface area contributed by atoms with E-state index < -0.39 is 0 Å². The first-order valence-corrected chi connectivity index (χ1v) is 7.69. The number of nitrogens with one attached hydrogen (secondary N) is 1. The van der Waals surface area contributed by atoms with Gasteiger partial charge in [0.05, 0.1) is 11.7 Å². The summed E-state index contributed by atoms with van der Waals surface area (Å²) in [4.78, 5) is 0. The third kappa shape index (κ3) is 2.42. The Kier molecular flexibility index (Phi) is 3.47. The second-order valence-corrected chi connectivity index (χ2v) is 6.41. The topological polar surface area (TPSA) is 32.3 Å². The van der Waals surface area contributed by atoms with Crippen molar-refractivity contribution >= 4 is 21.6 Å². The Morgan fingerprint density at radius 3 is 2.75 bits per heavy atom. The molecule has 2 aromatic carbocycles. The van der Waals surface area contributed by atoms with Crippen LogP contribution in [0.1, 0.15) is 34.7 Å². The monoisotopic (exact) mass is 331 g/mol. The minimum absolute atomic E-state index is 0.323. The second-order valence-electron chi connectivity index (χ2n) is 5.56. The smallest absolute Gasteiger partial charge is 0.115 e. The average Bonchev–Trinajstić information content (AvgIpc) is 2.76. The summed E-state index contributed by atoms with van der Waals surface area (Å²) in [5.74, 6) is 0.358. The van der Waals surface area contributed by atoms with E-state index in [1.165, 1.54) is 27.9 Å². The summed E-state index contributed by atoms with van der Waals surface area (Å²) in [5.41, 5.74) is 6.24. The van der Waals surface area contributed by atoms with Crippen LogP contribution in [0.5, 0.6) is 5.75 Å². The predicted octanol–water partition coefficient (Wildman–Crippen LogP) is 4.87. The molecule has 3 heteroatoms. The fourth-order valence-electron chi connectivity index (χ4n) is 3.03. The van der Waals surface area contributed by atoms with E-state index >= 15 is 0 Å². The van der Waals surface area contributed by atoms with Crippen molar-refractivity contribution in [3.05, 3.63) is 57.1 Å². The van der Waals surface area contributed by atoms with Crippen LogP contribution < -0.4 is 5.32 Å². The summed E-state index contributed by atoms with van der Waals surface area (Å²) < 4.78 is 1.11. The first kappa shape index (κ1) is 13.5. The van der Waals surface area contributed by atoms with Gasteiger partial charge in [0, 0.05) is 4.47 Å². The molecule has 0 amide bonds. The lowest BCUT2D eigenvalue weighted by molar-refractivity contribution is 0.474. The molecular formula is C17H18BrNO. The first-order valence-electron chi connectivity index (χ1n) is 6.89. The average molecular weight is 332 g/mol. The molecule has 3 rings (SSSR count). The molecule has 0 spiro atoms. The van der Waals surface area contributed by atoms with Crippen LogP contribution >= 0.6 is 15.9 Å². The highest BCUT2D eigenvalue weighted by Gasteiger charge is 2.23. The van der Waals surface area contributed by atoms with E-state index in [9.17, 15) is 5.11 Å². The molecule has 0 aliphatic heterocycles. The Bertz CT molecular complexity index is 643. The van der Waals surface area contributed by atoms with Crippen molar-refractivity contribution < 1.29 is 5.11 Å². The molecule has 1 atom stereocenters. The van der Waals surface area contributed by atoms with E-state index in [0.29, 0.717) is 11.8 Å². The maximum atomic E-state index is 9.56. The van der Waals surface area contributed by atoms with E-state index in [-0.39, 0.29) is 0 Å². The highest BCUT2D eigenvalue weighted by Crippen LogP contribution is 2.38. The normalized spacial score (nSPS) is 17.1. The molecule has 2 N–H and O–H groups in total. The standard InChI is InChI=1S/C17H18BrNO/c1-10-7-11(2)17(15(18)8-10)19-16-6-3-12-9-13(20)4-5-14(12)16/h4-5,7-9,16,19-20H,3,6H2,1-2H3. The maximum absolute atomic E-state index is 9.56. The van der Waals surface area contributed by atoms with Gasteiger partial charge in [-0.15, -0.1) is 0 Å². The van der Waals surface area contributed by atoms with Crippen molar-refractivity contribution in [3.63, 3.8) is 0 Å². The largest absolute Gasteiger partial charge is 0.508 e. The quantitative estimate of drug-likeness (QED) is 0.822. The molecule has 2 nitrogen and oxygen atoms in total. The molecule has 1 unspecified atom stereocenters. The molecule has 2 aromatic rings. The minimum Gasteiger partial charge on any atom is -0.508 e. The zero-order valence-electron chi connectivity index (χ0n) is 11.7. The lowest BCUT2D eigenvalue weighted by Crippen LogP contribution is -2.09. The van der Waals surface area contributed by atoms with Crippen molar-refractivity contribution in [2.75, 3.05) is 5.32 Å². The lowest BCUT2D eigenvalue weighted by Gasteiger charge is -2.19. The first-order chi connectivity index (χ1) is 9.54. The zero-order chi connectivity index (χ0) is 14.3. The van der Waals surface area contributed by atoms with Gasteiger partial charge in [-0.2, -0.15) is 0 Å². The van der Waals surface area contributed by atoms with E-state index in [0.717, 1.165) is 17.3 Å². The number of rotatable bonds is 2. The fourth-order valence-corrected chi connectivity index (χ4v) is 3.81. The van der Waals surface area contributed by atoms with Crippen molar-refractivity contribution in [2.24, 2.45) is 0 Å². The highest BCUT2D eigenvalue weighted by atomic mass is 79.9. The van der Waals surface area contributed by atoms with Gasteiger partial charge in [0.15, 0.2) is 0 Å². The summed E-state index contributed by atoms with van der Waals surface area (Å²) in [6, 6.07) is 10.3. The molecule has 0 heterocycles. The van der Waals surface area contributed by atoms with Gasteiger partial charge in [-0.3, -0.25) is 0 Å². The number of halogens is 1. The Hall–Kier alpha value is -1.48. The van der Waals surface area contributed by atoms with Crippen molar-refractivity contribution in [3.8, 4) is 5.75 Å². The Labute approximate surface area is 128 Å². The maximum Gasteiger partial charge on any atom is 0.115 e. The molecule has 0 saturated heterocycles. The summed E-state index contributed by atoms with van der Waals surface area (Å²) in [5, 5.41) is 13.2. The number of phenolic OH excluding ortho intramolecular Hbond substituents is 1. The lowest BCUT2D eigenvalue weighted by atomic mass is 10.1. The van der Waals surface area contributed by atoms with Crippen LogP contribution in [0.4, 0.5) is 5.69 Å². The van der Waals surface area contributed by atoms with Gasteiger partial charge in [-0.05, 0) is 83.1 Å². The van der Waals surface area contributed by atoms with Crippen LogP contribution in [0.25, 0.3) is 0 Å². The van der Waals surface area contributed by atoms with Gasteiger partial charge in [-0.25, -0.2) is 0 Å². The number of benzene rings is 2. The molecule has 0 aromatic heterocycles. The molecule has 1 aliphatic carbocycles. The van der Waals surface area contributed by atoms with Crippen LogP contribution in [0.2, 0.25) is 0 Å². The number of phenols is 1. The van der Waals surface area contributed by atoms with E-state index in [2.05, 4.69) is 47.2 Å². The molecular weight excluding hydrogens is 314 g/mol. The molecule has 104 valence electrons. The number of fused-ring (bicyclic) bond motifs is 1. The Balaban J connectivity index is 1.91. The van der Waals surface area contributed by atoms with Crippen LogP contribution in [0.3, 0.4) is 0 Å². The van der Waals surface area contributed by atoms with E-state index in [1.54, 1.807) is 6.07 Å². The van der Waals surface area contributed by atoms with Gasteiger partial charge >= 0.3 is 0 Å². The zero-order valence-corrected chi connectivity index (χ0v) is 13.3. The predicted molar refractivity (Wildman–Crippen MR) is 86.4 cm³/mol. The number of hydrogen-bond donors (Lipinski definition) is 2. The molecule has 0 fully saturated rings. The third-order valence-electron chi connectivity index (χ3n) is 3.95. The number of aromatic hydroxyl groups is 1. The van der Waals surface area contributed by atoms with E-state index in [1.807, 2.05) is 12.1 Å². The molecule has 20 heavy (non-hydrogen) atoms. The van der Waals surface area contributed by atoms with Crippen LogP contribution in [-0.2, 0) is 6.42 Å². The Morgan fingerprint density at radius 2 is 2.00 bits per heavy atom. The number of aryl methyl sites for hydroxylation is 3. The summed E-state index contributed by atoms with van der Waals surface area (Å²) in [6.07, 6.45) is 2.09.